The predicted molar refractivity (Wildman–Crippen MR) is 109 cm³/mol. The minimum Gasteiger partial charge on any atom is -0.493 e. The minimum atomic E-state index is -0.900. The Labute approximate surface area is 165 Å². The molecule has 0 aromatic heterocycles. The molecular formula is C22H25NO5. The summed E-state index contributed by atoms with van der Waals surface area (Å²) in [6.07, 6.45) is 1.97. The molecule has 0 aliphatic carbocycles. The summed E-state index contributed by atoms with van der Waals surface area (Å²) >= 11 is 0. The number of anilines is 1. The van der Waals surface area contributed by atoms with E-state index in [2.05, 4.69) is 0 Å². The smallest absolute Gasteiger partial charge is 0.331 e. The Hall–Kier alpha value is -3.28. The Morgan fingerprint density at radius 2 is 1.71 bits per heavy atom. The molecule has 0 saturated heterocycles. The molecule has 0 fully saturated rings. The van der Waals surface area contributed by atoms with Crippen LogP contribution in [0.25, 0.3) is 6.08 Å². The quantitative estimate of drug-likeness (QED) is 0.514. The molecule has 0 spiro atoms. The van der Waals surface area contributed by atoms with Crippen LogP contribution >= 0.6 is 0 Å². The van der Waals surface area contributed by atoms with E-state index in [0.29, 0.717) is 18.0 Å². The highest BCUT2D eigenvalue weighted by atomic mass is 16.5. The molecular weight excluding hydrogens is 358 g/mol. The summed E-state index contributed by atoms with van der Waals surface area (Å²) in [5.74, 6) is 0.284. The van der Waals surface area contributed by atoms with Crippen LogP contribution in [0.4, 0.5) is 5.69 Å². The third-order valence-corrected chi connectivity index (χ3v) is 4.11. The van der Waals surface area contributed by atoms with Crippen molar-refractivity contribution in [3.8, 4) is 11.5 Å². The summed E-state index contributed by atoms with van der Waals surface area (Å²) in [5, 5.41) is 0. The number of para-hydroxylation sites is 1. The molecule has 2 aromatic carbocycles. The Morgan fingerprint density at radius 1 is 1.04 bits per heavy atom. The van der Waals surface area contributed by atoms with E-state index in [9.17, 15) is 9.59 Å². The number of esters is 1. The SMILES string of the molecule is CCN(C(=O)[C@@H](C)OC(=O)/C=C/c1ccc(OC)c(OC)c1)c1ccccc1. The fourth-order valence-electron chi connectivity index (χ4n) is 2.68. The maximum Gasteiger partial charge on any atom is 0.331 e. The first kappa shape index (κ1) is 21.0. The third kappa shape index (κ3) is 5.36. The average Bonchev–Trinajstić information content (AvgIpc) is 2.73. The number of carbonyl (C=O) groups excluding carboxylic acids is 2. The largest absolute Gasteiger partial charge is 0.493 e. The molecule has 1 atom stereocenters. The van der Waals surface area contributed by atoms with Gasteiger partial charge in [0.15, 0.2) is 17.6 Å². The number of methoxy groups -OCH3 is 2. The van der Waals surface area contributed by atoms with Gasteiger partial charge in [0.2, 0.25) is 0 Å². The molecule has 6 nitrogen and oxygen atoms in total. The third-order valence-electron chi connectivity index (χ3n) is 4.11. The van der Waals surface area contributed by atoms with Crippen LogP contribution in [0.15, 0.2) is 54.6 Å². The zero-order valence-corrected chi connectivity index (χ0v) is 16.5. The normalized spacial score (nSPS) is 11.7. The lowest BCUT2D eigenvalue weighted by molar-refractivity contribution is -0.149. The number of amides is 1. The van der Waals surface area contributed by atoms with E-state index in [1.807, 2.05) is 37.3 Å². The number of benzene rings is 2. The summed E-state index contributed by atoms with van der Waals surface area (Å²) in [5.41, 5.74) is 1.51. The molecule has 28 heavy (non-hydrogen) atoms. The highest BCUT2D eigenvalue weighted by Gasteiger charge is 2.23. The van der Waals surface area contributed by atoms with Gasteiger partial charge in [0.1, 0.15) is 0 Å². The first-order valence-corrected chi connectivity index (χ1v) is 8.97. The lowest BCUT2D eigenvalue weighted by atomic mass is 10.2. The van der Waals surface area contributed by atoms with Gasteiger partial charge in [-0.25, -0.2) is 4.79 Å². The highest BCUT2D eigenvalue weighted by molar-refractivity contribution is 5.98. The molecule has 0 saturated carbocycles. The number of nitrogens with zero attached hydrogens (tertiary/aromatic N) is 1. The summed E-state index contributed by atoms with van der Waals surface area (Å²) in [6, 6.07) is 14.5. The molecule has 0 aliphatic heterocycles. The van der Waals surface area contributed by atoms with Gasteiger partial charge in [0, 0.05) is 18.3 Å². The summed E-state index contributed by atoms with van der Waals surface area (Å²) in [6.45, 7) is 3.92. The van der Waals surface area contributed by atoms with E-state index in [1.165, 1.54) is 6.08 Å². The van der Waals surface area contributed by atoms with Crippen molar-refractivity contribution < 1.29 is 23.8 Å². The first-order valence-electron chi connectivity index (χ1n) is 8.97. The van der Waals surface area contributed by atoms with Gasteiger partial charge in [-0.3, -0.25) is 4.79 Å². The van der Waals surface area contributed by atoms with Crippen LogP contribution in [0.2, 0.25) is 0 Å². The van der Waals surface area contributed by atoms with E-state index >= 15 is 0 Å². The fraction of sp³-hybridized carbons (Fsp3) is 0.273. The van der Waals surface area contributed by atoms with Crippen molar-refractivity contribution in [2.75, 3.05) is 25.7 Å². The van der Waals surface area contributed by atoms with E-state index in [0.717, 1.165) is 11.3 Å². The Balaban J connectivity index is 2.01. The van der Waals surface area contributed by atoms with Gasteiger partial charge in [0.25, 0.3) is 5.91 Å². The number of ether oxygens (including phenoxy) is 3. The summed E-state index contributed by atoms with van der Waals surface area (Å²) in [7, 11) is 3.09. The molecule has 0 bridgehead atoms. The van der Waals surface area contributed by atoms with Gasteiger partial charge in [0.05, 0.1) is 14.2 Å². The fourth-order valence-corrected chi connectivity index (χ4v) is 2.68. The summed E-state index contributed by atoms with van der Waals surface area (Å²) in [4.78, 5) is 26.3. The number of likely N-dealkylation sites (N-methyl/N-ethyl adjacent to an activating group) is 1. The minimum absolute atomic E-state index is 0.276. The Bertz CT molecular complexity index is 832. The van der Waals surface area contributed by atoms with Crippen LogP contribution in [-0.2, 0) is 14.3 Å². The molecule has 148 valence electrons. The highest BCUT2D eigenvalue weighted by Crippen LogP contribution is 2.28. The van der Waals surface area contributed by atoms with Gasteiger partial charge < -0.3 is 19.1 Å². The zero-order valence-electron chi connectivity index (χ0n) is 16.5. The number of hydrogen-bond acceptors (Lipinski definition) is 5. The molecule has 2 aromatic rings. The van der Waals surface area contributed by atoms with Crippen molar-refractivity contribution in [1.82, 2.24) is 0 Å². The molecule has 6 heteroatoms. The van der Waals surface area contributed by atoms with Gasteiger partial charge in [-0.1, -0.05) is 24.3 Å². The monoisotopic (exact) mass is 383 g/mol. The molecule has 0 N–H and O–H groups in total. The second kappa shape index (κ2) is 10.2. The standard InChI is InChI=1S/C22H25NO5/c1-5-23(18-9-7-6-8-10-18)22(25)16(2)28-21(24)14-12-17-11-13-19(26-3)20(15-17)27-4/h6-16H,5H2,1-4H3/b14-12+/t16-/m1/s1. The second-order valence-corrected chi connectivity index (χ2v) is 5.94. The molecule has 2 rings (SSSR count). The van der Waals surface area contributed by atoms with E-state index in [4.69, 9.17) is 14.2 Å². The van der Waals surface area contributed by atoms with Gasteiger partial charge in [-0.2, -0.15) is 0 Å². The molecule has 1 amide bonds. The maximum atomic E-state index is 12.6. The Kier molecular flexibility index (Phi) is 7.63. The molecule has 0 aliphatic rings. The van der Waals surface area contributed by atoms with Crippen molar-refractivity contribution in [2.24, 2.45) is 0 Å². The van der Waals surface area contributed by atoms with Crippen molar-refractivity contribution in [3.63, 3.8) is 0 Å². The lowest BCUT2D eigenvalue weighted by Gasteiger charge is -2.24. The summed E-state index contributed by atoms with van der Waals surface area (Å²) < 4.78 is 15.7. The van der Waals surface area contributed by atoms with Crippen molar-refractivity contribution >= 4 is 23.6 Å². The molecule has 0 unspecified atom stereocenters. The molecule has 0 heterocycles. The number of rotatable bonds is 8. The Morgan fingerprint density at radius 3 is 2.32 bits per heavy atom. The second-order valence-electron chi connectivity index (χ2n) is 5.94. The zero-order chi connectivity index (χ0) is 20.5. The van der Waals surface area contributed by atoms with Crippen LogP contribution in [0, 0.1) is 0 Å². The lowest BCUT2D eigenvalue weighted by Crippen LogP contribution is -2.39. The maximum absolute atomic E-state index is 12.6. The van der Waals surface area contributed by atoms with E-state index in [-0.39, 0.29) is 5.91 Å². The van der Waals surface area contributed by atoms with E-state index in [1.54, 1.807) is 50.3 Å². The average molecular weight is 383 g/mol. The van der Waals surface area contributed by atoms with E-state index < -0.39 is 12.1 Å². The van der Waals surface area contributed by atoms with Crippen LogP contribution in [0.3, 0.4) is 0 Å². The van der Waals surface area contributed by atoms with Crippen molar-refractivity contribution in [1.29, 1.82) is 0 Å². The van der Waals surface area contributed by atoms with Gasteiger partial charge in [-0.15, -0.1) is 0 Å². The number of hydrogen-bond donors (Lipinski definition) is 0. The van der Waals surface area contributed by atoms with Crippen LogP contribution < -0.4 is 14.4 Å². The van der Waals surface area contributed by atoms with Crippen molar-refractivity contribution in [3.05, 3.63) is 60.2 Å². The van der Waals surface area contributed by atoms with Gasteiger partial charge >= 0.3 is 5.97 Å². The van der Waals surface area contributed by atoms with Crippen molar-refractivity contribution in [2.45, 2.75) is 20.0 Å². The topological polar surface area (TPSA) is 65.1 Å². The van der Waals surface area contributed by atoms with Crippen LogP contribution in [-0.4, -0.2) is 38.7 Å². The first-order chi connectivity index (χ1) is 13.5. The predicted octanol–water partition coefficient (Wildman–Crippen LogP) is 3.70. The molecule has 0 radical (unpaired) electrons. The van der Waals surface area contributed by atoms with Crippen LogP contribution in [0.1, 0.15) is 19.4 Å². The number of carbonyl (C=O) groups is 2. The van der Waals surface area contributed by atoms with Gasteiger partial charge in [-0.05, 0) is 49.8 Å². The van der Waals surface area contributed by atoms with Crippen LogP contribution in [0.5, 0.6) is 11.5 Å².